The molecule has 36 heavy (non-hydrogen) atoms. The molecule has 1 fully saturated rings. The van der Waals surface area contributed by atoms with Crippen molar-refractivity contribution >= 4 is 22.9 Å². The number of aryl methyl sites for hydroxylation is 1. The first-order valence-corrected chi connectivity index (χ1v) is 11.4. The SMILES string of the molecule is Cc1cc(F)ccc1-c1nc(NC2CCCC2C(N)=O)nc2c1ccc(=O)n2-c1c(F)cccc1F. The summed E-state index contributed by atoms with van der Waals surface area (Å²) in [5.41, 5.74) is 5.68. The van der Waals surface area contributed by atoms with Gasteiger partial charge in [0.05, 0.1) is 11.6 Å². The molecule has 1 aliphatic rings. The molecule has 0 saturated heterocycles. The Balaban J connectivity index is 1.80. The molecular formula is C26H22F3N5O2. The van der Waals surface area contributed by atoms with E-state index in [1.807, 2.05) is 0 Å². The molecule has 3 N–H and O–H groups in total. The number of aromatic nitrogens is 3. The van der Waals surface area contributed by atoms with E-state index >= 15 is 0 Å². The van der Waals surface area contributed by atoms with Crippen molar-refractivity contribution in [2.45, 2.75) is 32.2 Å². The molecule has 0 radical (unpaired) electrons. The van der Waals surface area contributed by atoms with Gasteiger partial charge in [-0.3, -0.25) is 14.2 Å². The molecule has 1 saturated carbocycles. The second-order valence-electron chi connectivity index (χ2n) is 8.86. The monoisotopic (exact) mass is 493 g/mol. The number of rotatable bonds is 5. The number of benzene rings is 2. The van der Waals surface area contributed by atoms with Crippen LogP contribution in [0.4, 0.5) is 19.1 Å². The summed E-state index contributed by atoms with van der Waals surface area (Å²) in [5, 5.41) is 3.46. The maximum atomic E-state index is 14.8. The summed E-state index contributed by atoms with van der Waals surface area (Å²) in [4.78, 5) is 33.9. The number of hydrogen-bond acceptors (Lipinski definition) is 5. The van der Waals surface area contributed by atoms with Gasteiger partial charge in [-0.2, -0.15) is 4.98 Å². The zero-order chi connectivity index (χ0) is 25.6. The van der Waals surface area contributed by atoms with Crippen LogP contribution in [0.1, 0.15) is 24.8 Å². The number of hydrogen-bond donors (Lipinski definition) is 2. The predicted octanol–water partition coefficient (Wildman–Crippen LogP) is 4.24. The van der Waals surface area contributed by atoms with Gasteiger partial charge in [-0.05, 0) is 61.7 Å². The van der Waals surface area contributed by atoms with E-state index in [2.05, 4.69) is 15.3 Å². The lowest BCUT2D eigenvalue weighted by Crippen LogP contribution is -2.35. The molecule has 0 spiro atoms. The van der Waals surface area contributed by atoms with Gasteiger partial charge in [0, 0.05) is 23.1 Å². The molecule has 2 unspecified atom stereocenters. The molecule has 184 valence electrons. The van der Waals surface area contributed by atoms with Crippen LogP contribution in [0, 0.1) is 30.3 Å². The topological polar surface area (TPSA) is 103 Å². The number of primary amides is 1. The Kier molecular flexibility index (Phi) is 5.95. The number of carbonyl (C=O) groups is 1. The van der Waals surface area contributed by atoms with Crippen LogP contribution in [0.5, 0.6) is 0 Å². The van der Waals surface area contributed by atoms with E-state index in [1.165, 1.54) is 36.4 Å². The molecule has 5 rings (SSSR count). The van der Waals surface area contributed by atoms with E-state index in [4.69, 9.17) is 5.73 Å². The van der Waals surface area contributed by atoms with Crippen molar-refractivity contribution in [3.05, 3.63) is 81.9 Å². The second-order valence-corrected chi connectivity index (χ2v) is 8.86. The van der Waals surface area contributed by atoms with Crippen molar-refractivity contribution in [1.29, 1.82) is 0 Å². The van der Waals surface area contributed by atoms with E-state index in [-0.39, 0.29) is 17.6 Å². The lowest BCUT2D eigenvalue weighted by molar-refractivity contribution is -0.121. The van der Waals surface area contributed by atoms with Gasteiger partial charge < -0.3 is 11.1 Å². The number of halogens is 3. The molecule has 1 aliphatic carbocycles. The van der Waals surface area contributed by atoms with Gasteiger partial charge in [0.1, 0.15) is 23.1 Å². The highest BCUT2D eigenvalue weighted by atomic mass is 19.1. The van der Waals surface area contributed by atoms with Gasteiger partial charge >= 0.3 is 0 Å². The smallest absolute Gasteiger partial charge is 0.256 e. The van der Waals surface area contributed by atoms with Crippen molar-refractivity contribution in [2.24, 2.45) is 11.7 Å². The van der Waals surface area contributed by atoms with Gasteiger partial charge in [-0.15, -0.1) is 0 Å². The Morgan fingerprint density at radius 1 is 1.06 bits per heavy atom. The van der Waals surface area contributed by atoms with Crippen LogP contribution in [0.15, 0.2) is 53.3 Å². The average molecular weight is 493 g/mol. The molecule has 0 aliphatic heterocycles. The van der Waals surface area contributed by atoms with Gasteiger partial charge in [-0.25, -0.2) is 18.2 Å². The maximum Gasteiger partial charge on any atom is 0.256 e. The number of nitrogens with one attached hydrogen (secondary N) is 1. The fourth-order valence-corrected chi connectivity index (χ4v) is 4.84. The van der Waals surface area contributed by atoms with E-state index in [9.17, 15) is 22.8 Å². The Bertz CT molecular complexity index is 1550. The summed E-state index contributed by atoms with van der Waals surface area (Å²) in [6.07, 6.45) is 2.02. The first kappa shape index (κ1) is 23.5. The van der Waals surface area contributed by atoms with Crippen molar-refractivity contribution < 1.29 is 18.0 Å². The Labute approximate surface area is 203 Å². The minimum Gasteiger partial charge on any atom is -0.369 e. The predicted molar refractivity (Wildman–Crippen MR) is 129 cm³/mol. The van der Waals surface area contributed by atoms with Crippen LogP contribution < -0.4 is 16.6 Å². The first-order valence-electron chi connectivity index (χ1n) is 11.4. The number of nitrogens with zero attached hydrogens (tertiary/aromatic N) is 3. The third-order valence-electron chi connectivity index (χ3n) is 6.55. The molecule has 4 aromatic rings. The van der Waals surface area contributed by atoms with E-state index in [0.29, 0.717) is 35.0 Å². The zero-order valence-electron chi connectivity index (χ0n) is 19.3. The summed E-state index contributed by atoms with van der Waals surface area (Å²) < 4.78 is 44.3. The van der Waals surface area contributed by atoms with Crippen molar-refractivity contribution in [3.8, 4) is 16.9 Å². The summed E-state index contributed by atoms with van der Waals surface area (Å²) in [5.74, 6) is -3.17. The quantitative estimate of drug-likeness (QED) is 0.433. The second kappa shape index (κ2) is 9.10. The van der Waals surface area contributed by atoms with Crippen LogP contribution in [-0.4, -0.2) is 26.5 Å². The normalized spacial score (nSPS) is 17.4. The molecule has 2 heterocycles. The molecule has 2 aromatic carbocycles. The van der Waals surface area contributed by atoms with Crippen LogP contribution in [0.25, 0.3) is 28.0 Å². The van der Waals surface area contributed by atoms with Crippen LogP contribution >= 0.6 is 0 Å². The Morgan fingerprint density at radius 2 is 1.81 bits per heavy atom. The van der Waals surface area contributed by atoms with E-state index in [0.717, 1.165) is 23.1 Å². The Hall–Kier alpha value is -4.21. The summed E-state index contributed by atoms with van der Waals surface area (Å²) in [6, 6.07) is 9.73. The molecule has 1 amide bonds. The lowest BCUT2D eigenvalue weighted by Gasteiger charge is -2.20. The lowest BCUT2D eigenvalue weighted by atomic mass is 10.0. The van der Waals surface area contributed by atoms with Gasteiger partial charge in [0.25, 0.3) is 5.56 Å². The highest BCUT2D eigenvalue weighted by Gasteiger charge is 2.32. The minimum absolute atomic E-state index is 0.0450. The fourth-order valence-electron chi connectivity index (χ4n) is 4.84. The van der Waals surface area contributed by atoms with E-state index in [1.54, 1.807) is 6.92 Å². The zero-order valence-corrected chi connectivity index (χ0v) is 19.3. The van der Waals surface area contributed by atoms with Gasteiger partial charge in [-0.1, -0.05) is 12.5 Å². The maximum absolute atomic E-state index is 14.8. The van der Waals surface area contributed by atoms with Gasteiger partial charge in [0.15, 0.2) is 5.65 Å². The van der Waals surface area contributed by atoms with Crippen molar-refractivity contribution in [2.75, 3.05) is 5.32 Å². The number of nitrogens with two attached hydrogens (primary N) is 1. The Morgan fingerprint density at radius 3 is 2.50 bits per heavy atom. The number of pyridine rings is 1. The summed E-state index contributed by atoms with van der Waals surface area (Å²) in [7, 11) is 0. The fraction of sp³-hybridized carbons (Fsp3) is 0.231. The largest absolute Gasteiger partial charge is 0.369 e. The van der Waals surface area contributed by atoms with Crippen LogP contribution in [0.2, 0.25) is 0 Å². The third-order valence-corrected chi connectivity index (χ3v) is 6.55. The highest BCUT2D eigenvalue weighted by Crippen LogP contribution is 2.33. The highest BCUT2D eigenvalue weighted by molar-refractivity contribution is 5.93. The molecule has 7 nitrogen and oxygen atoms in total. The third kappa shape index (κ3) is 4.08. The van der Waals surface area contributed by atoms with E-state index < -0.39 is 40.5 Å². The van der Waals surface area contributed by atoms with Crippen molar-refractivity contribution in [3.63, 3.8) is 0 Å². The standard InChI is InChI=1S/C26H22F3N5O2/c1-13-12-14(27)8-9-15(13)22-17-10-11-21(35)34(23-18(28)5-3-6-19(23)29)25(17)33-26(32-22)31-20-7-2-4-16(20)24(30)36/h3,5-6,8-12,16,20H,2,4,7H2,1H3,(H2,30,36)(H,31,32,33). The summed E-state index contributed by atoms with van der Waals surface area (Å²) in [6.45, 7) is 1.70. The number of anilines is 1. The number of amides is 1. The summed E-state index contributed by atoms with van der Waals surface area (Å²) >= 11 is 0. The number of fused-ring (bicyclic) bond motifs is 1. The molecular weight excluding hydrogens is 471 g/mol. The first-order chi connectivity index (χ1) is 17.2. The number of carbonyl (C=O) groups excluding carboxylic acids is 1. The average Bonchev–Trinajstić information content (AvgIpc) is 3.28. The molecule has 10 heteroatoms. The van der Waals surface area contributed by atoms with Crippen LogP contribution in [0.3, 0.4) is 0 Å². The molecule has 0 bridgehead atoms. The number of para-hydroxylation sites is 1. The van der Waals surface area contributed by atoms with Gasteiger partial charge in [0.2, 0.25) is 11.9 Å². The minimum atomic E-state index is -0.943. The van der Waals surface area contributed by atoms with Crippen molar-refractivity contribution in [1.82, 2.24) is 14.5 Å². The van der Waals surface area contributed by atoms with Crippen LogP contribution in [-0.2, 0) is 4.79 Å². The molecule has 2 aromatic heterocycles. The molecule has 2 atom stereocenters.